The highest BCUT2D eigenvalue weighted by atomic mass is 32.2. The third kappa shape index (κ3) is 3.83. The van der Waals surface area contributed by atoms with Crippen molar-refractivity contribution in [1.82, 2.24) is 14.8 Å². The number of alkyl halides is 2. The van der Waals surface area contributed by atoms with Gasteiger partial charge in [0.1, 0.15) is 17.3 Å². The molecule has 150 valence electrons. The van der Waals surface area contributed by atoms with E-state index >= 15 is 0 Å². The summed E-state index contributed by atoms with van der Waals surface area (Å²) in [6, 6.07) is 4.52. The monoisotopic (exact) mass is 411 g/mol. The first-order chi connectivity index (χ1) is 13.1. The van der Waals surface area contributed by atoms with E-state index in [1.807, 2.05) is 19.9 Å². The molecule has 0 radical (unpaired) electrons. The Morgan fingerprint density at radius 2 is 1.93 bits per heavy atom. The highest BCUT2D eigenvalue weighted by molar-refractivity contribution is 7.90. The highest BCUT2D eigenvalue weighted by Crippen LogP contribution is 2.33. The number of anilines is 1. The molecule has 2 aromatic rings. The van der Waals surface area contributed by atoms with Gasteiger partial charge in [0.15, 0.2) is 21.5 Å². The van der Waals surface area contributed by atoms with Gasteiger partial charge in [-0.3, -0.25) is 0 Å². The molecule has 3 rings (SSSR count). The first-order valence-corrected chi connectivity index (χ1v) is 10.4. The average molecular weight is 411 g/mol. The van der Waals surface area contributed by atoms with Gasteiger partial charge in [-0.15, -0.1) is 0 Å². The Balaban J connectivity index is 2.16. The van der Waals surface area contributed by atoms with Crippen LogP contribution in [0.4, 0.5) is 14.6 Å². The maximum atomic E-state index is 13.5. The lowest BCUT2D eigenvalue weighted by Crippen LogP contribution is -2.46. The maximum Gasteiger partial charge on any atom is 0.283 e. The van der Waals surface area contributed by atoms with Crippen molar-refractivity contribution >= 4 is 15.7 Å². The molecule has 0 aliphatic carbocycles. The fourth-order valence-electron chi connectivity index (χ4n) is 3.21. The van der Waals surface area contributed by atoms with Crippen LogP contribution in [0.2, 0.25) is 0 Å². The normalized spacial score (nSPS) is 20.4. The van der Waals surface area contributed by atoms with Crippen LogP contribution < -0.4 is 4.90 Å². The van der Waals surface area contributed by atoms with Crippen molar-refractivity contribution in [3.05, 3.63) is 29.6 Å². The molecule has 8 nitrogen and oxygen atoms in total. The summed E-state index contributed by atoms with van der Waals surface area (Å²) in [6.07, 6.45) is -1.11. The zero-order valence-corrected chi connectivity index (χ0v) is 16.3. The number of pyridine rings is 1. The van der Waals surface area contributed by atoms with Crippen molar-refractivity contribution in [2.24, 2.45) is 0 Å². The van der Waals surface area contributed by atoms with E-state index in [-0.39, 0.29) is 34.3 Å². The molecule has 1 fully saturated rings. The van der Waals surface area contributed by atoms with E-state index in [1.54, 1.807) is 4.90 Å². The second kappa shape index (κ2) is 7.44. The van der Waals surface area contributed by atoms with Crippen LogP contribution in [0.25, 0.3) is 5.82 Å². The van der Waals surface area contributed by atoms with Crippen molar-refractivity contribution in [2.75, 3.05) is 24.2 Å². The zero-order chi connectivity index (χ0) is 20.6. The molecule has 11 heteroatoms. The Morgan fingerprint density at radius 3 is 2.39 bits per heavy atom. The van der Waals surface area contributed by atoms with Gasteiger partial charge < -0.3 is 9.64 Å². The zero-order valence-electron chi connectivity index (χ0n) is 15.5. The van der Waals surface area contributed by atoms with E-state index in [0.29, 0.717) is 13.1 Å². The number of aromatic nitrogens is 3. The van der Waals surface area contributed by atoms with Crippen LogP contribution in [-0.2, 0) is 14.6 Å². The van der Waals surface area contributed by atoms with E-state index in [0.717, 1.165) is 17.1 Å². The molecule has 2 aromatic heterocycles. The first kappa shape index (κ1) is 20.2. The molecule has 1 aliphatic heterocycles. The number of nitrogens with zero attached hydrogens (tertiary/aromatic N) is 5. The van der Waals surface area contributed by atoms with Gasteiger partial charge in [-0.05, 0) is 26.0 Å². The molecular weight excluding hydrogens is 392 g/mol. The minimum absolute atomic E-state index is 0.00633. The van der Waals surface area contributed by atoms with Crippen LogP contribution >= 0.6 is 0 Å². The van der Waals surface area contributed by atoms with E-state index in [9.17, 15) is 22.5 Å². The quantitative estimate of drug-likeness (QED) is 0.759. The molecule has 2 unspecified atom stereocenters. The number of hydrogen-bond donors (Lipinski definition) is 0. The molecule has 0 N–H and O–H groups in total. The van der Waals surface area contributed by atoms with Gasteiger partial charge in [0.2, 0.25) is 0 Å². The molecular formula is C17H19F2N5O3S. The summed E-state index contributed by atoms with van der Waals surface area (Å²) in [7, 11) is -3.46. The summed E-state index contributed by atoms with van der Waals surface area (Å²) in [5, 5.41) is 13.4. The topological polar surface area (TPSA) is 101 Å². The Kier molecular flexibility index (Phi) is 5.36. The number of rotatable bonds is 4. The SMILES string of the molecule is CC1CN(c2c(C#N)c(C(F)F)nn2-c2ccc(S(C)(=O)=O)cn2)CC(C)O1. The van der Waals surface area contributed by atoms with Gasteiger partial charge in [0, 0.05) is 25.5 Å². The van der Waals surface area contributed by atoms with Crippen molar-refractivity contribution in [3.63, 3.8) is 0 Å². The average Bonchev–Trinajstić information content (AvgIpc) is 3.00. The van der Waals surface area contributed by atoms with Crippen molar-refractivity contribution < 1.29 is 21.9 Å². The fourth-order valence-corrected chi connectivity index (χ4v) is 3.76. The van der Waals surface area contributed by atoms with Crippen LogP contribution in [0.1, 0.15) is 31.5 Å². The van der Waals surface area contributed by atoms with Crippen LogP contribution in [0, 0.1) is 11.3 Å². The lowest BCUT2D eigenvalue weighted by molar-refractivity contribution is -0.00560. The number of ether oxygens (including phenoxy) is 1. The largest absolute Gasteiger partial charge is 0.372 e. The van der Waals surface area contributed by atoms with Gasteiger partial charge in [-0.25, -0.2) is 22.2 Å². The van der Waals surface area contributed by atoms with Crippen LogP contribution in [-0.4, -0.2) is 54.7 Å². The number of halogens is 2. The predicted octanol–water partition coefficient (Wildman–Crippen LogP) is 2.09. The minimum Gasteiger partial charge on any atom is -0.372 e. The third-order valence-corrected chi connectivity index (χ3v) is 5.39. The molecule has 3 heterocycles. The molecule has 1 aliphatic rings. The smallest absolute Gasteiger partial charge is 0.283 e. The molecule has 0 bridgehead atoms. The number of sulfone groups is 1. The molecule has 0 aromatic carbocycles. The third-order valence-electron chi connectivity index (χ3n) is 4.29. The molecule has 0 amide bonds. The Morgan fingerprint density at radius 1 is 1.29 bits per heavy atom. The Bertz CT molecular complexity index is 1000. The second-order valence-electron chi connectivity index (χ2n) is 6.69. The summed E-state index contributed by atoms with van der Waals surface area (Å²) in [5.74, 6) is 0.331. The van der Waals surface area contributed by atoms with E-state index in [1.165, 1.54) is 12.1 Å². The predicted molar refractivity (Wildman–Crippen MR) is 96.4 cm³/mol. The molecule has 1 saturated heterocycles. The van der Waals surface area contributed by atoms with Crippen molar-refractivity contribution in [3.8, 4) is 11.9 Å². The Labute approximate surface area is 161 Å². The van der Waals surface area contributed by atoms with Crippen LogP contribution in [0.15, 0.2) is 23.2 Å². The molecule has 0 saturated carbocycles. The number of hydrogen-bond acceptors (Lipinski definition) is 7. The van der Waals surface area contributed by atoms with E-state index in [2.05, 4.69) is 10.1 Å². The fraction of sp³-hybridized carbons (Fsp3) is 0.471. The summed E-state index contributed by atoms with van der Waals surface area (Å²) in [5.41, 5.74) is -0.872. The number of morpholine rings is 1. The van der Waals surface area contributed by atoms with Gasteiger partial charge in [0.25, 0.3) is 6.43 Å². The molecule has 2 atom stereocenters. The van der Waals surface area contributed by atoms with Gasteiger partial charge in [-0.1, -0.05) is 0 Å². The molecule has 28 heavy (non-hydrogen) atoms. The van der Waals surface area contributed by atoms with Gasteiger partial charge >= 0.3 is 0 Å². The lowest BCUT2D eigenvalue weighted by Gasteiger charge is -2.36. The highest BCUT2D eigenvalue weighted by Gasteiger charge is 2.32. The first-order valence-electron chi connectivity index (χ1n) is 8.50. The summed E-state index contributed by atoms with van der Waals surface area (Å²) < 4.78 is 57.1. The van der Waals surface area contributed by atoms with Crippen molar-refractivity contribution in [2.45, 2.75) is 37.4 Å². The summed E-state index contributed by atoms with van der Waals surface area (Å²) >= 11 is 0. The van der Waals surface area contributed by atoms with Gasteiger partial charge in [-0.2, -0.15) is 15.0 Å². The van der Waals surface area contributed by atoms with Gasteiger partial charge in [0.05, 0.1) is 17.1 Å². The summed E-state index contributed by atoms with van der Waals surface area (Å²) in [4.78, 5) is 5.83. The maximum absolute atomic E-state index is 13.5. The van der Waals surface area contributed by atoms with Crippen molar-refractivity contribution in [1.29, 1.82) is 5.26 Å². The summed E-state index contributed by atoms with van der Waals surface area (Å²) in [6.45, 7) is 4.47. The standard InChI is InChI=1S/C17H19F2N5O3S/c1-10-8-23(9-11(2)27-10)17-13(6-20)15(16(18)19)22-24(17)14-5-4-12(7-21-14)28(3,25)26/h4-5,7,10-11,16H,8-9H2,1-3H3. The lowest BCUT2D eigenvalue weighted by atomic mass is 10.2. The van der Waals surface area contributed by atoms with E-state index < -0.39 is 22.0 Å². The van der Waals surface area contributed by atoms with E-state index in [4.69, 9.17) is 4.74 Å². The minimum atomic E-state index is -3.46. The number of nitriles is 1. The van der Waals surface area contributed by atoms with Crippen LogP contribution in [0.5, 0.6) is 0 Å². The second-order valence-corrected chi connectivity index (χ2v) is 8.71. The molecule has 0 spiro atoms. The Hall–Kier alpha value is -2.58. The van der Waals surface area contributed by atoms with Crippen LogP contribution in [0.3, 0.4) is 0 Å².